The Morgan fingerprint density at radius 1 is 1.32 bits per heavy atom. The van der Waals surface area contributed by atoms with E-state index in [1.54, 1.807) is 11.3 Å². The van der Waals surface area contributed by atoms with E-state index in [1.165, 1.54) is 0 Å². The average molecular weight is 307 g/mol. The maximum Gasteiger partial charge on any atom is 0.452 e. The number of rotatable bonds is 4. The standard InChI is InChI=1S/C11H12F3N3S2/c1-6(2)8(7-4-3-5-18-7)15-10-16-9(17-19-10)11(12,13)14/h3-6,8H,1-2H3,(H,15,16,17). The lowest BCUT2D eigenvalue weighted by molar-refractivity contribution is -0.144. The van der Waals surface area contributed by atoms with Gasteiger partial charge >= 0.3 is 6.18 Å². The summed E-state index contributed by atoms with van der Waals surface area (Å²) in [6, 6.07) is 3.81. The van der Waals surface area contributed by atoms with Gasteiger partial charge in [-0.15, -0.1) is 11.3 Å². The fourth-order valence-corrected chi connectivity index (χ4v) is 3.14. The van der Waals surface area contributed by atoms with Crippen LogP contribution in [0.3, 0.4) is 0 Å². The number of halogens is 3. The van der Waals surface area contributed by atoms with Crippen molar-refractivity contribution in [2.75, 3.05) is 5.32 Å². The van der Waals surface area contributed by atoms with E-state index in [4.69, 9.17) is 0 Å². The van der Waals surface area contributed by atoms with Crippen molar-refractivity contribution in [2.45, 2.75) is 26.1 Å². The highest BCUT2D eigenvalue weighted by Gasteiger charge is 2.36. The fourth-order valence-electron chi connectivity index (χ4n) is 1.56. The monoisotopic (exact) mass is 307 g/mol. The van der Waals surface area contributed by atoms with E-state index in [2.05, 4.69) is 14.7 Å². The second kappa shape index (κ2) is 5.46. The summed E-state index contributed by atoms with van der Waals surface area (Å²) in [4.78, 5) is 4.56. The van der Waals surface area contributed by atoms with Crippen LogP contribution < -0.4 is 5.32 Å². The average Bonchev–Trinajstić information content (AvgIpc) is 2.95. The van der Waals surface area contributed by atoms with Crippen molar-refractivity contribution in [1.82, 2.24) is 9.36 Å². The van der Waals surface area contributed by atoms with Crippen LogP contribution in [0.4, 0.5) is 18.3 Å². The summed E-state index contributed by atoms with van der Waals surface area (Å²) in [7, 11) is 0. The molecule has 2 aromatic heterocycles. The van der Waals surface area contributed by atoms with Crippen LogP contribution in [0.5, 0.6) is 0 Å². The van der Waals surface area contributed by atoms with Crippen molar-refractivity contribution in [3.63, 3.8) is 0 Å². The van der Waals surface area contributed by atoms with E-state index in [1.807, 2.05) is 31.4 Å². The topological polar surface area (TPSA) is 37.8 Å². The van der Waals surface area contributed by atoms with Gasteiger partial charge < -0.3 is 5.32 Å². The van der Waals surface area contributed by atoms with Crippen molar-refractivity contribution in [3.8, 4) is 0 Å². The molecule has 0 fully saturated rings. The molecule has 1 atom stereocenters. The molecule has 0 aliphatic rings. The molecule has 0 amide bonds. The lowest BCUT2D eigenvalue weighted by Gasteiger charge is -2.20. The van der Waals surface area contributed by atoms with Gasteiger partial charge in [-0.1, -0.05) is 19.9 Å². The largest absolute Gasteiger partial charge is 0.452 e. The van der Waals surface area contributed by atoms with Crippen molar-refractivity contribution in [2.24, 2.45) is 5.92 Å². The predicted molar refractivity (Wildman–Crippen MR) is 70.4 cm³/mol. The Morgan fingerprint density at radius 2 is 2.05 bits per heavy atom. The molecule has 0 aliphatic carbocycles. The van der Waals surface area contributed by atoms with Crippen LogP contribution in [-0.2, 0) is 6.18 Å². The van der Waals surface area contributed by atoms with Gasteiger partial charge in [-0.2, -0.15) is 22.5 Å². The van der Waals surface area contributed by atoms with Crippen molar-refractivity contribution in [3.05, 3.63) is 28.2 Å². The van der Waals surface area contributed by atoms with E-state index in [-0.39, 0.29) is 17.1 Å². The number of nitrogens with zero attached hydrogens (tertiary/aromatic N) is 2. The Morgan fingerprint density at radius 3 is 2.53 bits per heavy atom. The smallest absolute Gasteiger partial charge is 0.352 e. The van der Waals surface area contributed by atoms with Gasteiger partial charge in [0.2, 0.25) is 11.0 Å². The maximum absolute atomic E-state index is 12.4. The number of alkyl halides is 3. The molecule has 0 bridgehead atoms. The van der Waals surface area contributed by atoms with Crippen molar-refractivity contribution < 1.29 is 13.2 Å². The molecular weight excluding hydrogens is 295 g/mol. The van der Waals surface area contributed by atoms with Crippen molar-refractivity contribution >= 4 is 28.0 Å². The van der Waals surface area contributed by atoms with Crippen LogP contribution in [-0.4, -0.2) is 9.36 Å². The molecule has 0 saturated carbocycles. The molecule has 0 radical (unpaired) electrons. The quantitative estimate of drug-likeness (QED) is 0.908. The third kappa shape index (κ3) is 3.44. The summed E-state index contributed by atoms with van der Waals surface area (Å²) < 4.78 is 40.6. The molecule has 0 spiro atoms. The first-order chi connectivity index (χ1) is 8.88. The normalized spacial score (nSPS) is 13.8. The van der Waals surface area contributed by atoms with E-state index in [9.17, 15) is 13.2 Å². The van der Waals surface area contributed by atoms with Gasteiger partial charge in [0.05, 0.1) is 6.04 Å². The Balaban J connectivity index is 2.17. The van der Waals surface area contributed by atoms with Gasteiger partial charge in [-0.25, -0.2) is 0 Å². The summed E-state index contributed by atoms with van der Waals surface area (Å²) in [5.41, 5.74) is 0. The van der Waals surface area contributed by atoms with E-state index >= 15 is 0 Å². The minimum atomic E-state index is -4.49. The summed E-state index contributed by atoms with van der Waals surface area (Å²) >= 11 is 2.29. The van der Waals surface area contributed by atoms with Gasteiger partial charge in [0.1, 0.15) is 0 Å². The van der Waals surface area contributed by atoms with Gasteiger partial charge in [-0.3, -0.25) is 0 Å². The molecule has 0 aliphatic heterocycles. The SMILES string of the molecule is CC(C)C(Nc1nc(C(F)(F)F)ns1)c1cccs1. The van der Waals surface area contributed by atoms with Crippen LogP contribution in [0, 0.1) is 5.92 Å². The van der Waals surface area contributed by atoms with E-state index in [0.717, 1.165) is 16.4 Å². The van der Waals surface area contributed by atoms with Crippen LogP contribution >= 0.6 is 22.9 Å². The first-order valence-corrected chi connectivity index (χ1v) is 7.24. The zero-order valence-corrected chi connectivity index (χ0v) is 11.9. The number of aromatic nitrogens is 2. The number of nitrogens with one attached hydrogen (secondary N) is 1. The Hall–Kier alpha value is -1.15. The molecule has 2 aromatic rings. The van der Waals surface area contributed by atoms with Gasteiger partial charge in [-0.05, 0) is 17.4 Å². The molecule has 8 heteroatoms. The Labute approximate surface area is 116 Å². The minimum absolute atomic E-state index is 0.0611. The first-order valence-electron chi connectivity index (χ1n) is 5.59. The van der Waals surface area contributed by atoms with Crippen LogP contribution in [0.15, 0.2) is 17.5 Å². The minimum Gasteiger partial charge on any atom is -0.352 e. The molecule has 1 unspecified atom stereocenters. The van der Waals surface area contributed by atoms with Crippen molar-refractivity contribution in [1.29, 1.82) is 0 Å². The Kier molecular flexibility index (Phi) is 4.10. The van der Waals surface area contributed by atoms with Gasteiger partial charge in [0.15, 0.2) is 0 Å². The van der Waals surface area contributed by atoms with E-state index in [0.29, 0.717) is 0 Å². The van der Waals surface area contributed by atoms with Gasteiger partial charge in [0.25, 0.3) is 0 Å². The second-order valence-corrected chi connectivity index (χ2v) is 6.03. The van der Waals surface area contributed by atoms with Crippen LogP contribution in [0.2, 0.25) is 0 Å². The van der Waals surface area contributed by atoms with Gasteiger partial charge in [0, 0.05) is 16.4 Å². The number of thiophene rings is 1. The molecule has 1 N–H and O–H groups in total. The zero-order valence-electron chi connectivity index (χ0n) is 10.2. The van der Waals surface area contributed by atoms with Crippen LogP contribution in [0.1, 0.15) is 30.6 Å². The second-order valence-electron chi connectivity index (χ2n) is 4.30. The molecule has 19 heavy (non-hydrogen) atoms. The number of hydrogen-bond acceptors (Lipinski definition) is 5. The third-order valence-corrected chi connectivity index (χ3v) is 4.08. The predicted octanol–water partition coefficient (Wildman–Crippen LogP) is 4.43. The molecule has 104 valence electrons. The molecule has 2 rings (SSSR count). The van der Waals surface area contributed by atoms with E-state index < -0.39 is 12.0 Å². The third-order valence-electron chi connectivity index (χ3n) is 2.47. The highest BCUT2D eigenvalue weighted by Crippen LogP contribution is 2.33. The summed E-state index contributed by atoms with van der Waals surface area (Å²) in [5.74, 6) is -0.856. The highest BCUT2D eigenvalue weighted by atomic mass is 32.1. The summed E-state index contributed by atoms with van der Waals surface area (Å²) in [5, 5.41) is 5.16. The Bertz CT molecular complexity index is 520. The highest BCUT2D eigenvalue weighted by molar-refractivity contribution is 7.10. The molecule has 0 aromatic carbocycles. The summed E-state index contributed by atoms with van der Waals surface area (Å²) in [6.07, 6.45) is -4.49. The fraction of sp³-hybridized carbons (Fsp3) is 0.455. The number of anilines is 1. The molecular formula is C11H12F3N3S2. The molecule has 3 nitrogen and oxygen atoms in total. The lowest BCUT2D eigenvalue weighted by Crippen LogP contribution is -2.16. The molecule has 0 saturated heterocycles. The van der Waals surface area contributed by atoms with Crippen LogP contribution in [0.25, 0.3) is 0 Å². The zero-order chi connectivity index (χ0) is 14.0. The lowest BCUT2D eigenvalue weighted by atomic mass is 10.0. The summed E-state index contributed by atoms with van der Waals surface area (Å²) in [6.45, 7) is 4.01. The molecule has 2 heterocycles. The maximum atomic E-state index is 12.4. The first kappa shape index (κ1) is 14.3. The number of hydrogen-bond donors (Lipinski definition) is 1.